The summed E-state index contributed by atoms with van der Waals surface area (Å²) in [6.45, 7) is 10.4. The molecule has 0 amide bonds. The van der Waals surface area contributed by atoms with Crippen LogP contribution in [0, 0.1) is 11.8 Å². The second kappa shape index (κ2) is 7.27. The van der Waals surface area contributed by atoms with Gasteiger partial charge in [-0.1, -0.05) is 38.1 Å². The molecule has 0 radical (unpaired) electrons. The first-order valence-electron chi connectivity index (χ1n) is 7.68. The molecule has 0 spiro atoms. The molecule has 1 unspecified atom stereocenters. The topological polar surface area (TPSA) is 47.9 Å². The van der Waals surface area contributed by atoms with Crippen LogP contribution in [0.3, 0.4) is 0 Å². The van der Waals surface area contributed by atoms with Gasteiger partial charge in [0.25, 0.3) is 0 Å². The molecule has 122 valence electrons. The van der Waals surface area contributed by atoms with Crippen LogP contribution in [-0.4, -0.2) is 31.0 Å². The van der Waals surface area contributed by atoms with E-state index in [0.717, 1.165) is 16.9 Å². The molecule has 0 saturated carbocycles. The summed E-state index contributed by atoms with van der Waals surface area (Å²) in [5, 5.41) is 10.3. The molecule has 0 aliphatic carbocycles. The highest BCUT2D eigenvalue weighted by molar-refractivity contribution is 5.28. The van der Waals surface area contributed by atoms with Gasteiger partial charge < -0.3 is 19.3 Å². The fraction of sp³-hybridized carbons (Fsp3) is 0.556. The average Bonchev–Trinajstić information content (AvgIpc) is 2.54. The smallest absolute Gasteiger partial charge is 0.184 e. The largest absolute Gasteiger partial charge is 0.497 e. The Bertz CT molecular complexity index is 496. The van der Waals surface area contributed by atoms with E-state index in [1.165, 1.54) is 0 Å². The van der Waals surface area contributed by atoms with Crippen molar-refractivity contribution in [2.75, 3.05) is 13.7 Å². The van der Waals surface area contributed by atoms with Crippen LogP contribution in [0.15, 0.2) is 36.4 Å². The summed E-state index contributed by atoms with van der Waals surface area (Å²) in [6, 6.07) is 7.66. The van der Waals surface area contributed by atoms with E-state index in [-0.39, 0.29) is 17.9 Å². The SMILES string of the molecule is C=C(C)[C@H](O)[C@@H](C)[C@H]1OC(c2ccc(OC)cc2)OC[C@@H]1C. The molecule has 1 fully saturated rings. The molecule has 1 aliphatic rings. The first-order valence-corrected chi connectivity index (χ1v) is 7.68. The van der Waals surface area contributed by atoms with Crippen molar-refractivity contribution >= 4 is 0 Å². The zero-order chi connectivity index (χ0) is 16.3. The predicted molar refractivity (Wildman–Crippen MR) is 85.7 cm³/mol. The molecule has 5 atom stereocenters. The third kappa shape index (κ3) is 3.69. The molecule has 4 nitrogen and oxygen atoms in total. The molecule has 1 aromatic carbocycles. The minimum absolute atomic E-state index is 0.0304. The minimum Gasteiger partial charge on any atom is -0.497 e. The predicted octanol–water partition coefficient (Wildman–Crippen LogP) is 3.32. The fourth-order valence-electron chi connectivity index (χ4n) is 2.86. The summed E-state index contributed by atoms with van der Waals surface area (Å²) >= 11 is 0. The van der Waals surface area contributed by atoms with Gasteiger partial charge in [-0.15, -0.1) is 0 Å². The molecule has 1 heterocycles. The van der Waals surface area contributed by atoms with Crippen LogP contribution in [0.5, 0.6) is 5.75 Å². The first kappa shape index (κ1) is 17.0. The van der Waals surface area contributed by atoms with Crippen molar-refractivity contribution in [2.24, 2.45) is 11.8 Å². The number of aliphatic hydroxyl groups excluding tert-OH is 1. The van der Waals surface area contributed by atoms with Gasteiger partial charge in [-0.3, -0.25) is 0 Å². The summed E-state index contributed by atoms with van der Waals surface area (Å²) in [5.41, 5.74) is 1.71. The second-order valence-electron chi connectivity index (χ2n) is 6.17. The highest BCUT2D eigenvalue weighted by Gasteiger charge is 2.36. The van der Waals surface area contributed by atoms with E-state index in [0.29, 0.717) is 6.61 Å². The maximum atomic E-state index is 10.3. The van der Waals surface area contributed by atoms with Crippen LogP contribution in [0.2, 0.25) is 0 Å². The normalized spacial score (nSPS) is 28.0. The first-order chi connectivity index (χ1) is 10.4. The lowest BCUT2D eigenvalue weighted by molar-refractivity contribution is -0.254. The maximum Gasteiger partial charge on any atom is 0.184 e. The quantitative estimate of drug-likeness (QED) is 0.848. The van der Waals surface area contributed by atoms with Crippen LogP contribution >= 0.6 is 0 Å². The van der Waals surface area contributed by atoms with Crippen molar-refractivity contribution in [3.05, 3.63) is 42.0 Å². The third-order valence-electron chi connectivity index (χ3n) is 4.26. The molecular formula is C18H26O4. The summed E-state index contributed by atoms with van der Waals surface area (Å²) in [4.78, 5) is 0. The highest BCUT2D eigenvalue weighted by Crippen LogP contribution is 2.34. The van der Waals surface area contributed by atoms with Crippen molar-refractivity contribution in [3.8, 4) is 5.75 Å². The van der Waals surface area contributed by atoms with Crippen LogP contribution in [0.25, 0.3) is 0 Å². The van der Waals surface area contributed by atoms with E-state index in [1.807, 2.05) is 38.1 Å². The lowest BCUT2D eigenvalue weighted by atomic mass is 9.86. The van der Waals surface area contributed by atoms with Gasteiger partial charge in [0.2, 0.25) is 0 Å². The average molecular weight is 306 g/mol. The summed E-state index contributed by atoms with van der Waals surface area (Å²) in [6.07, 6.45) is -1.05. The number of benzene rings is 1. The Labute approximate surface area is 132 Å². The van der Waals surface area contributed by atoms with Crippen molar-refractivity contribution in [1.29, 1.82) is 0 Å². The lowest BCUT2D eigenvalue weighted by Gasteiger charge is -2.39. The molecule has 22 heavy (non-hydrogen) atoms. The number of rotatable bonds is 5. The Kier molecular flexibility index (Phi) is 5.62. The summed E-state index contributed by atoms with van der Waals surface area (Å²) in [7, 11) is 1.64. The zero-order valence-electron chi connectivity index (χ0n) is 13.8. The van der Waals surface area contributed by atoms with Crippen molar-refractivity contribution in [1.82, 2.24) is 0 Å². The van der Waals surface area contributed by atoms with Gasteiger partial charge in [-0.05, 0) is 19.1 Å². The Balaban J connectivity index is 2.11. The van der Waals surface area contributed by atoms with E-state index < -0.39 is 12.4 Å². The fourth-order valence-corrected chi connectivity index (χ4v) is 2.86. The van der Waals surface area contributed by atoms with Crippen LogP contribution < -0.4 is 4.74 Å². The Morgan fingerprint density at radius 1 is 1.36 bits per heavy atom. The van der Waals surface area contributed by atoms with E-state index in [2.05, 4.69) is 13.5 Å². The standard InChI is InChI=1S/C18H26O4/c1-11(2)16(19)13(4)17-12(3)10-21-18(22-17)14-6-8-15(20-5)9-7-14/h6-9,12-13,16-19H,1,10H2,2-5H3/t12-,13+,16-,17-,18?/m0/s1. The summed E-state index contributed by atoms with van der Waals surface area (Å²) in [5.74, 6) is 0.992. The van der Waals surface area contributed by atoms with Gasteiger partial charge in [0.15, 0.2) is 6.29 Å². The molecule has 1 N–H and O–H groups in total. The second-order valence-corrected chi connectivity index (χ2v) is 6.17. The Hall–Kier alpha value is -1.36. The van der Waals surface area contributed by atoms with Crippen molar-refractivity contribution in [2.45, 2.75) is 39.3 Å². The molecule has 1 saturated heterocycles. The van der Waals surface area contributed by atoms with Gasteiger partial charge in [-0.2, -0.15) is 0 Å². The monoisotopic (exact) mass is 306 g/mol. The molecule has 4 heteroatoms. The van der Waals surface area contributed by atoms with E-state index in [4.69, 9.17) is 14.2 Å². The zero-order valence-corrected chi connectivity index (χ0v) is 13.8. The molecular weight excluding hydrogens is 280 g/mol. The molecule has 0 aromatic heterocycles. The molecule has 2 rings (SSSR count). The van der Waals surface area contributed by atoms with Crippen molar-refractivity contribution < 1.29 is 19.3 Å². The number of hydrogen-bond donors (Lipinski definition) is 1. The number of aliphatic hydroxyl groups is 1. The Morgan fingerprint density at radius 3 is 2.55 bits per heavy atom. The van der Waals surface area contributed by atoms with Gasteiger partial charge in [-0.25, -0.2) is 0 Å². The maximum absolute atomic E-state index is 10.3. The van der Waals surface area contributed by atoms with Gasteiger partial charge in [0.1, 0.15) is 5.75 Å². The molecule has 1 aromatic rings. The minimum atomic E-state index is -0.568. The van der Waals surface area contributed by atoms with Gasteiger partial charge in [0.05, 0.1) is 25.9 Å². The number of hydrogen-bond acceptors (Lipinski definition) is 4. The number of methoxy groups -OCH3 is 1. The molecule has 1 aliphatic heterocycles. The van der Waals surface area contributed by atoms with Gasteiger partial charge >= 0.3 is 0 Å². The van der Waals surface area contributed by atoms with Crippen LogP contribution in [0.4, 0.5) is 0 Å². The van der Waals surface area contributed by atoms with Crippen LogP contribution in [0.1, 0.15) is 32.6 Å². The van der Waals surface area contributed by atoms with E-state index in [9.17, 15) is 5.11 Å². The van der Waals surface area contributed by atoms with E-state index in [1.54, 1.807) is 7.11 Å². The molecule has 0 bridgehead atoms. The summed E-state index contributed by atoms with van der Waals surface area (Å²) < 4.78 is 17.1. The van der Waals surface area contributed by atoms with Crippen LogP contribution in [-0.2, 0) is 9.47 Å². The third-order valence-corrected chi connectivity index (χ3v) is 4.26. The lowest BCUT2D eigenvalue weighted by Crippen LogP contribution is -2.43. The van der Waals surface area contributed by atoms with Crippen molar-refractivity contribution in [3.63, 3.8) is 0 Å². The highest BCUT2D eigenvalue weighted by atomic mass is 16.7. The van der Waals surface area contributed by atoms with E-state index >= 15 is 0 Å². The number of ether oxygens (including phenoxy) is 3. The van der Waals surface area contributed by atoms with Gasteiger partial charge in [0, 0.05) is 17.4 Å². The Morgan fingerprint density at radius 2 is 2.00 bits per heavy atom.